The average molecular weight is 209 g/mol. The molecule has 1 aromatic heterocycles. The van der Waals surface area contributed by atoms with E-state index in [4.69, 9.17) is 0 Å². The summed E-state index contributed by atoms with van der Waals surface area (Å²) in [6.45, 7) is 7.89. The summed E-state index contributed by atoms with van der Waals surface area (Å²) < 4.78 is 0. The Balaban J connectivity index is 2.69. The Morgan fingerprint density at radius 3 is 2.67 bits per heavy atom. The molecule has 0 aliphatic rings. The first-order valence-corrected chi connectivity index (χ1v) is 5.14. The number of carbonyl (C=O) groups excluding carboxylic acids is 1. The molecule has 4 nitrogen and oxygen atoms in total. The van der Waals surface area contributed by atoms with E-state index >= 15 is 0 Å². The first kappa shape index (κ1) is 11.8. The number of amides is 1. The van der Waals surface area contributed by atoms with E-state index in [-0.39, 0.29) is 17.4 Å². The zero-order chi connectivity index (χ0) is 11.5. The molecule has 0 fully saturated rings. The van der Waals surface area contributed by atoms with Crippen molar-refractivity contribution >= 4 is 5.91 Å². The minimum Gasteiger partial charge on any atom is -0.353 e. The number of hydrogen-bond donors (Lipinski definition) is 2. The lowest BCUT2D eigenvalue weighted by atomic mass is 9.84. The highest BCUT2D eigenvalue weighted by Crippen LogP contribution is 2.21. The van der Waals surface area contributed by atoms with Gasteiger partial charge in [0.2, 0.25) is 5.91 Å². The normalized spacial score (nSPS) is 13.6. The number of nitrogens with one attached hydrogen (secondary N) is 2. The fraction of sp³-hybridized carbons (Fsp3) is 0.636. The Labute approximate surface area is 90.5 Å². The molecule has 1 aromatic rings. The van der Waals surface area contributed by atoms with Gasteiger partial charge in [0, 0.05) is 31.3 Å². The van der Waals surface area contributed by atoms with Gasteiger partial charge < -0.3 is 10.3 Å². The maximum Gasteiger partial charge on any atom is 0.217 e. The summed E-state index contributed by atoms with van der Waals surface area (Å²) in [5.74, 6) is 0.00874. The number of aromatic amines is 1. The number of hydrogen-bond acceptors (Lipinski definition) is 2. The van der Waals surface area contributed by atoms with Gasteiger partial charge in [0.15, 0.2) is 0 Å². The highest BCUT2D eigenvalue weighted by molar-refractivity contribution is 5.73. The van der Waals surface area contributed by atoms with E-state index in [9.17, 15) is 4.79 Å². The molecule has 1 amide bonds. The molecular weight excluding hydrogens is 190 g/mol. The van der Waals surface area contributed by atoms with Crippen LogP contribution in [-0.2, 0) is 11.2 Å². The summed E-state index contributed by atoms with van der Waals surface area (Å²) in [7, 11) is 0. The third-order valence-electron chi connectivity index (χ3n) is 2.40. The van der Waals surface area contributed by atoms with Crippen LogP contribution >= 0.6 is 0 Å². The summed E-state index contributed by atoms with van der Waals surface area (Å²) in [5.41, 5.74) is 1.08. The van der Waals surface area contributed by atoms with Crippen molar-refractivity contribution in [3.05, 3.63) is 18.2 Å². The number of rotatable bonds is 3. The van der Waals surface area contributed by atoms with E-state index in [0.29, 0.717) is 0 Å². The minimum atomic E-state index is 0.00874. The average Bonchev–Trinajstić information content (AvgIpc) is 2.53. The SMILES string of the molecule is CC(=O)N[C@@H](Cc1cnc[nH]1)C(C)(C)C. The largest absolute Gasteiger partial charge is 0.353 e. The number of carbonyl (C=O) groups is 1. The van der Waals surface area contributed by atoms with Crippen LogP contribution in [0.5, 0.6) is 0 Å². The van der Waals surface area contributed by atoms with E-state index in [1.165, 1.54) is 0 Å². The first-order valence-electron chi connectivity index (χ1n) is 5.14. The maximum absolute atomic E-state index is 11.1. The maximum atomic E-state index is 11.1. The lowest BCUT2D eigenvalue weighted by Gasteiger charge is -2.30. The van der Waals surface area contributed by atoms with Crippen molar-refractivity contribution in [2.75, 3.05) is 0 Å². The molecule has 0 radical (unpaired) electrons. The molecule has 0 aliphatic carbocycles. The lowest BCUT2D eigenvalue weighted by molar-refractivity contribution is -0.120. The molecule has 2 N–H and O–H groups in total. The van der Waals surface area contributed by atoms with Crippen molar-refractivity contribution in [1.82, 2.24) is 15.3 Å². The fourth-order valence-electron chi connectivity index (χ4n) is 1.44. The molecule has 0 aliphatic heterocycles. The van der Waals surface area contributed by atoms with Gasteiger partial charge in [-0.25, -0.2) is 4.98 Å². The molecule has 0 spiro atoms. The van der Waals surface area contributed by atoms with E-state index in [0.717, 1.165) is 12.1 Å². The molecular formula is C11H19N3O. The van der Waals surface area contributed by atoms with Gasteiger partial charge >= 0.3 is 0 Å². The quantitative estimate of drug-likeness (QED) is 0.792. The summed E-state index contributed by atoms with van der Waals surface area (Å²) in [6.07, 6.45) is 4.23. The van der Waals surface area contributed by atoms with Crippen LogP contribution in [0.3, 0.4) is 0 Å². The molecule has 1 heterocycles. The van der Waals surface area contributed by atoms with Gasteiger partial charge in [0.1, 0.15) is 0 Å². The van der Waals surface area contributed by atoms with Crippen molar-refractivity contribution in [1.29, 1.82) is 0 Å². The molecule has 84 valence electrons. The summed E-state index contributed by atoms with van der Waals surface area (Å²) in [4.78, 5) is 18.1. The van der Waals surface area contributed by atoms with Crippen LogP contribution in [0.15, 0.2) is 12.5 Å². The highest BCUT2D eigenvalue weighted by Gasteiger charge is 2.25. The lowest BCUT2D eigenvalue weighted by Crippen LogP contribution is -2.44. The Kier molecular flexibility index (Phi) is 3.50. The molecule has 4 heteroatoms. The van der Waals surface area contributed by atoms with E-state index in [1.54, 1.807) is 19.4 Å². The van der Waals surface area contributed by atoms with Crippen LogP contribution in [0.4, 0.5) is 0 Å². The second-order valence-electron chi connectivity index (χ2n) is 4.90. The van der Waals surface area contributed by atoms with Gasteiger partial charge in [-0.15, -0.1) is 0 Å². The predicted octanol–water partition coefficient (Wildman–Crippen LogP) is 1.50. The monoisotopic (exact) mass is 209 g/mol. The smallest absolute Gasteiger partial charge is 0.217 e. The first-order chi connectivity index (χ1) is 6.89. The van der Waals surface area contributed by atoms with Gasteiger partial charge in [0.05, 0.1) is 6.33 Å². The van der Waals surface area contributed by atoms with E-state index < -0.39 is 0 Å². The third kappa shape index (κ3) is 3.73. The van der Waals surface area contributed by atoms with Crippen LogP contribution in [0.25, 0.3) is 0 Å². The molecule has 0 aromatic carbocycles. The van der Waals surface area contributed by atoms with Crippen molar-refractivity contribution in [3.8, 4) is 0 Å². The van der Waals surface area contributed by atoms with Crippen molar-refractivity contribution in [2.45, 2.75) is 40.2 Å². The van der Waals surface area contributed by atoms with Crippen LogP contribution in [0.2, 0.25) is 0 Å². The number of imidazole rings is 1. The summed E-state index contributed by atoms with van der Waals surface area (Å²) in [6, 6.07) is 0.121. The van der Waals surface area contributed by atoms with Gasteiger partial charge in [0.25, 0.3) is 0 Å². The number of nitrogens with zero attached hydrogens (tertiary/aromatic N) is 1. The van der Waals surface area contributed by atoms with E-state index in [2.05, 4.69) is 36.1 Å². The van der Waals surface area contributed by atoms with Gasteiger partial charge in [-0.1, -0.05) is 20.8 Å². The Hall–Kier alpha value is -1.32. The van der Waals surface area contributed by atoms with Crippen LogP contribution in [0.1, 0.15) is 33.4 Å². The summed E-state index contributed by atoms with van der Waals surface area (Å²) >= 11 is 0. The molecule has 0 unspecified atom stereocenters. The molecule has 1 atom stereocenters. The van der Waals surface area contributed by atoms with Crippen LogP contribution < -0.4 is 5.32 Å². The van der Waals surface area contributed by atoms with Crippen molar-refractivity contribution < 1.29 is 4.79 Å². The van der Waals surface area contributed by atoms with Crippen molar-refractivity contribution in [2.24, 2.45) is 5.41 Å². The van der Waals surface area contributed by atoms with Gasteiger partial charge in [-0.2, -0.15) is 0 Å². The zero-order valence-electron chi connectivity index (χ0n) is 9.79. The van der Waals surface area contributed by atoms with Crippen LogP contribution in [-0.4, -0.2) is 21.9 Å². The Morgan fingerprint density at radius 1 is 1.60 bits per heavy atom. The molecule has 0 saturated heterocycles. The second-order valence-corrected chi connectivity index (χ2v) is 4.90. The fourth-order valence-corrected chi connectivity index (χ4v) is 1.44. The third-order valence-corrected chi connectivity index (χ3v) is 2.40. The standard InChI is InChI=1S/C11H19N3O/c1-8(15)14-10(11(2,3)4)5-9-6-12-7-13-9/h6-7,10H,5H2,1-4H3,(H,12,13)(H,14,15)/t10-/m0/s1. The number of H-pyrrole nitrogens is 1. The second kappa shape index (κ2) is 4.47. The van der Waals surface area contributed by atoms with Crippen LogP contribution in [0, 0.1) is 5.41 Å². The number of aromatic nitrogens is 2. The van der Waals surface area contributed by atoms with E-state index in [1.807, 2.05) is 0 Å². The molecule has 15 heavy (non-hydrogen) atoms. The Morgan fingerprint density at radius 2 is 2.27 bits per heavy atom. The highest BCUT2D eigenvalue weighted by atomic mass is 16.1. The zero-order valence-corrected chi connectivity index (χ0v) is 9.79. The van der Waals surface area contributed by atoms with Gasteiger partial charge in [-0.05, 0) is 5.41 Å². The molecule has 0 bridgehead atoms. The predicted molar refractivity (Wildman–Crippen MR) is 59.4 cm³/mol. The molecule has 1 rings (SSSR count). The summed E-state index contributed by atoms with van der Waals surface area (Å²) in [5, 5.41) is 2.97. The van der Waals surface area contributed by atoms with Crippen molar-refractivity contribution in [3.63, 3.8) is 0 Å². The minimum absolute atomic E-state index is 0.00874. The van der Waals surface area contributed by atoms with Gasteiger partial charge in [-0.3, -0.25) is 4.79 Å². The topological polar surface area (TPSA) is 57.8 Å². The Bertz CT molecular complexity index is 311. The molecule has 0 saturated carbocycles.